The van der Waals surface area contributed by atoms with Crippen molar-refractivity contribution in [1.82, 2.24) is 4.90 Å². The van der Waals surface area contributed by atoms with Gasteiger partial charge in [-0.3, -0.25) is 14.5 Å². The van der Waals surface area contributed by atoms with Crippen LogP contribution >= 0.6 is 46.6 Å². The maximum Gasteiger partial charge on any atom is 0.345 e. The summed E-state index contributed by atoms with van der Waals surface area (Å²) in [5.41, 5.74) is 1.21. The van der Waals surface area contributed by atoms with Crippen molar-refractivity contribution in [3.05, 3.63) is 97.3 Å². The first-order valence-corrected chi connectivity index (χ1v) is 12.1. The number of esters is 1. The molecule has 3 aromatic rings. The lowest BCUT2D eigenvalue weighted by molar-refractivity contribution is -0.123. The summed E-state index contributed by atoms with van der Waals surface area (Å²) < 4.78 is 11.0. The van der Waals surface area contributed by atoms with Crippen LogP contribution in [0.25, 0.3) is 6.08 Å². The molecule has 35 heavy (non-hydrogen) atoms. The molecule has 6 nitrogen and oxygen atoms in total. The summed E-state index contributed by atoms with van der Waals surface area (Å²) in [5, 5.41) is 0.497. The standard InChI is InChI=1S/C25H16Cl3NO5S/c1-33-20-8-4-5-15(22(20)34-24(31)16-6-2-3-7-17(16)26)12-21-23(30)29(25(32)35-21)13-14-9-10-18(27)19(28)11-14/h2-12H,13H2,1H3/b21-12-. The number of thioether (sulfide) groups is 1. The van der Waals surface area contributed by atoms with E-state index in [2.05, 4.69) is 0 Å². The molecule has 0 atom stereocenters. The van der Waals surface area contributed by atoms with Gasteiger partial charge in [-0.25, -0.2) is 4.79 Å². The second-order valence-electron chi connectivity index (χ2n) is 7.26. The summed E-state index contributed by atoms with van der Waals surface area (Å²) in [6, 6.07) is 16.3. The van der Waals surface area contributed by atoms with E-state index >= 15 is 0 Å². The number of hydrogen-bond acceptors (Lipinski definition) is 6. The second kappa shape index (κ2) is 10.7. The van der Waals surface area contributed by atoms with E-state index in [4.69, 9.17) is 44.3 Å². The number of rotatable bonds is 6. The van der Waals surface area contributed by atoms with Gasteiger partial charge in [0.1, 0.15) is 0 Å². The number of hydrogen-bond donors (Lipinski definition) is 0. The molecule has 0 saturated carbocycles. The number of ether oxygens (including phenoxy) is 2. The zero-order valence-corrected chi connectivity index (χ0v) is 21.2. The van der Waals surface area contributed by atoms with Gasteiger partial charge in [0.15, 0.2) is 11.5 Å². The van der Waals surface area contributed by atoms with Crippen molar-refractivity contribution in [2.24, 2.45) is 0 Å². The number of benzene rings is 3. The van der Waals surface area contributed by atoms with Crippen molar-refractivity contribution in [3.63, 3.8) is 0 Å². The first-order chi connectivity index (χ1) is 16.8. The Labute approximate surface area is 220 Å². The van der Waals surface area contributed by atoms with Gasteiger partial charge in [-0.2, -0.15) is 0 Å². The minimum Gasteiger partial charge on any atom is -0.493 e. The maximum absolute atomic E-state index is 13.0. The van der Waals surface area contributed by atoms with Crippen molar-refractivity contribution in [2.45, 2.75) is 6.54 Å². The highest BCUT2D eigenvalue weighted by Crippen LogP contribution is 2.38. The summed E-state index contributed by atoms with van der Waals surface area (Å²) in [5.74, 6) is -0.815. The number of halogens is 3. The van der Waals surface area contributed by atoms with E-state index in [1.165, 1.54) is 19.3 Å². The largest absolute Gasteiger partial charge is 0.493 e. The second-order valence-corrected chi connectivity index (χ2v) is 9.48. The fraction of sp³-hybridized carbons (Fsp3) is 0.0800. The fourth-order valence-electron chi connectivity index (χ4n) is 3.29. The van der Waals surface area contributed by atoms with E-state index in [1.54, 1.807) is 54.6 Å². The molecule has 178 valence electrons. The molecule has 1 aliphatic rings. The van der Waals surface area contributed by atoms with Gasteiger partial charge in [0, 0.05) is 5.56 Å². The molecular weight excluding hydrogens is 533 g/mol. The van der Waals surface area contributed by atoms with Crippen LogP contribution in [0.1, 0.15) is 21.5 Å². The van der Waals surface area contributed by atoms with Gasteiger partial charge < -0.3 is 9.47 Å². The molecule has 2 amide bonds. The Morgan fingerprint density at radius 2 is 1.74 bits per heavy atom. The zero-order valence-electron chi connectivity index (χ0n) is 18.1. The molecule has 0 aromatic heterocycles. The maximum atomic E-state index is 13.0. The van der Waals surface area contributed by atoms with Crippen molar-refractivity contribution in [3.8, 4) is 11.5 Å². The van der Waals surface area contributed by atoms with E-state index in [0.717, 1.165) is 16.7 Å². The van der Waals surface area contributed by atoms with E-state index in [9.17, 15) is 14.4 Å². The van der Waals surface area contributed by atoms with Crippen LogP contribution in [0.3, 0.4) is 0 Å². The van der Waals surface area contributed by atoms with Gasteiger partial charge >= 0.3 is 5.97 Å². The number of para-hydroxylation sites is 1. The van der Waals surface area contributed by atoms with Crippen molar-refractivity contribution >= 4 is 69.8 Å². The Balaban J connectivity index is 1.63. The lowest BCUT2D eigenvalue weighted by atomic mass is 10.1. The summed E-state index contributed by atoms with van der Waals surface area (Å²) in [4.78, 5) is 39.7. The van der Waals surface area contributed by atoms with Crippen LogP contribution in [0.15, 0.2) is 65.6 Å². The molecule has 0 aliphatic carbocycles. The monoisotopic (exact) mass is 547 g/mol. The van der Waals surface area contributed by atoms with Crippen LogP contribution in [-0.4, -0.2) is 29.1 Å². The van der Waals surface area contributed by atoms with Crippen LogP contribution < -0.4 is 9.47 Å². The van der Waals surface area contributed by atoms with Crippen LogP contribution in [0.2, 0.25) is 15.1 Å². The Morgan fingerprint density at radius 1 is 0.971 bits per heavy atom. The van der Waals surface area contributed by atoms with Gasteiger partial charge in [-0.1, -0.05) is 65.1 Å². The molecule has 4 rings (SSSR count). The van der Waals surface area contributed by atoms with Gasteiger partial charge in [0.05, 0.1) is 39.2 Å². The fourth-order valence-corrected chi connectivity index (χ4v) is 4.65. The predicted octanol–water partition coefficient (Wildman–Crippen LogP) is 7.11. The number of carbonyl (C=O) groups is 3. The Kier molecular flexibility index (Phi) is 7.72. The van der Waals surface area contributed by atoms with Crippen LogP contribution in [0.5, 0.6) is 11.5 Å². The summed E-state index contributed by atoms with van der Waals surface area (Å²) in [7, 11) is 1.43. The molecule has 0 spiro atoms. The van der Waals surface area contributed by atoms with Crippen molar-refractivity contribution < 1.29 is 23.9 Å². The molecule has 1 fully saturated rings. The first kappa shape index (κ1) is 25.1. The lowest BCUT2D eigenvalue weighted by Crippen LogP contribution is -2.27. The smallest absolute Gasteiger partial charge is 0.345 e. The van der Waals surface area contributed by atoms with Crippen molar-refractivity contribution in [1.29, 1.82) is 0 Å². The quantitative estimate of drug-likeness (QED) is 0.186. The van der Waals surface area contributed by atoms with Gasteiger partial charge in [-0.15, -0.1) is 0 Å². The molecule has 1 aliphatic heterocycles. The highest BCUT2D eigenvalue weighted by Gasteiger charge is 2.35. The molecular formula is C25H16Cl3NO5S. The Morgan fingerprint density at radius 3 is 2.46 bits per heavy atom. The van der Waals surface area contributed by atoms with Crippen LogP contribution in [0, 0.1) is 0 Å². The van der Waals surface area contributed by atoms with Crippen LogP contribution in [0.4, 0.5) is 4.79 Å². The third kappa shape index (κ3) is 5.49. The average molecular weight is 549 g/mol. The van der Waals surface area contributed by atoms with Crippen molar-refractivity contribution in [2.75, 3.05) is 7.11 Å². The summed E-state index contributed by atoms with van der Waals surface area (Å²) in [6.45, 7) is 0.0331. The molecule has 0 unspecified atom stereocenters. The number of carbonyl (C=O) groups excluding carboxylic acids is 3. The normalized spacial score (nSPS) is 14.5. The summed E-state index contributed by atoms with van der Waals surface area (Å²) in [6.07, 6.45) is 1.48. The Bertz CT molecular complexity index is 1370. The average Bonchev–Trinajstić information content (AvgIpc) is 3.10. The highest BCUT2D eigenvalue weighted by molar-refractivity contribution is 8.18. The first-order valence-electron chi connectivity index (χ1n) is 10.1. The van der Waals surface area contributed by atoms with E-state index < -0.39 is 17.1 Å². The van der Waals surface area contributed by atoms with Gasteiger partial charge in [-0.05, 0) is 53.7 Å². The third-order valence-electron chi connectivity index (χ3n) is 5.00. The third-order valence-corrected chi connectivity index (χ3v) is 6.98. The molecule has 0 radical (unpaired) electrons. The SMILES string of the molecule is COc1cccc(/C=C2\SC(=O)N(Cc3ccc(Cl)c(Cl)c3)C2=O)c1OC(=O)c1ccccc1Cl. The van der Waals surface area contributed by atoms with E-state index in [1.807, 2.05) is 0 Å². The van der Waals surface area contributed by atoms with Gasteiger partial charge in [0.25, 0.3) is 11.1 Å². The van der Waals surface area contributed by atoms with E-state index in [0.29, 0.717) is 21.2 Å². The predicted molar refractivity (Wildman–Crippen MR) is 137 cm³/mol. The Hall–Kier alpha value is -2.97. The number of imide groups is 1. The summed E-state index contributed by atoms with van der Waals surface area (Å²) >= 11 is 18.9. The number of nitrogens with zero attached hydrogens (tertiary/aromatic N) is 1. The molecule has 0 bridgehead atoms. The number of methoxy groups -OCH3 is 1. The van der Waals surface area contributed by atoms with Gasteiger partial charge in [0.2, 0.25) is 0 Å². The minimum absolute atomic E-state index is 0.0331. The zero-order chi connectivity index (χ0) is 25.1. The number of amides is 2. The van der Waals surface area contributed by atoms with Crippen LogP contribution in [-0.2, 0) is 11.3 Å². The molecule has 1 saturated heterocycles. The molecule has 3 aromatic carbocycles. The minimum atomic E-state index is -0.692. The molecule has 1 heterocycles. The molecule has 0 N–H and O–H groups in total. The topological polar surface area (TPSA) is 72.9 Å². The lowest BCUT2D eigenvalue weighted by Gasteiger charge is -2.14. The van der Waals surface area contributed by atoms with E-state index in [-0.39, 0.29) is 33.5 Å². The highest BCUT2D eigenvalue weighted by atomic mass is 35.5. The molecule has 10 heteroatoms.